The Balaban J connectivity index is 2.15. The maximum atomic E-state index is 12.7. The number of carboxylic acids is 1. The van der Waals surface area contributed by atoms with Crippen LogP contribution in [0.4, 0.5) is 4.79 Å². The quantitative estimate of drug-likeness (QED) is 0.809. The molecule has 0 aromatic heterocycles. The van der Waals surface area contributed by atoms with Crippen molar-refractivity contribution < 1.29 is 14.7 Å². The van der Waals surface area contributed by atoms with E-state index in [-0.39, 0.29) is 12.1 Å². The molecule has 2 amide bonds. The Bertz CT molecular complexity index is 700. The maximum absolute atomic E-state index is 12.7. The van der Waals surface area contributed by atoms with Gasteiger partial charge in [-0.2, -0.15) is 0 Å². The summed E-state index contributed by atoms with van der Waals surface area (Å²) in [5, 5.41) is 13.4. The van der Waals surface area contributed by atoms with Crippen LogP contribution in [0.5, 0.6) is 0 Å². The van der Waals surface area contributed by atoms with Crippen LogP contribution in [0.15, 0.2) is 18.2 Å². The van der Waals surface area contributed by atoms with E-state index >= 15 is 0 Å². The van der Waals surface area contributed by atoms with Crippen LogP contribution in [0.2, 0.25) is 10.0 Å². The molecule has 3 unspecified atom stereocenters. The molecule has 1 aromatic carbocycles. The lowest BCUT2D eigenvalue weighted by molar-refractivity contribution is -0.155. The molecule has 1 heterocycles. The SMILES string of the molecule is CC(NC(=O)N(C)C1CCN(C)CC1(C)C(=O)O)c1cccc(Cl)c1Cl. The molecule has 0 aliphatic carbocycles. The molecule has 0 saturated carbocycles. The van der Waals surface area contributed by atoms with Crippen molar-refractivity contribution in [2.45, 2.75) is 32.4 Å². The molecule has 1 aliphatic rings. The molecule has 0 bridgehead atoms. The number of urea groups is 1. The molecule has 0 radical (unpaired) electrons. The summed E-state index contributed by atoms with van der Waals surface area (Å²) in [5.74, 6) is -0.903. The van der Waals surface area contributed by atoms with Crippen molar-refractivity contribution in [3.05, 3.63) is 33.8 Å². The fraction of sp³-hybridized carbons (Fsp3) is 0.556. The van der Waals surface area contributed by atoms with E-state index in [2.05, 4.69) is 5.32 Å². The van der Waals surface area contributed by atoms with Gasteiger partial charge in [-0.05, 0) is 45.5 Å². The highest BCUT2D eigenvalue weighted by Crippen LogP contribution is 2.34. The van der Waals surface area contributed by atoms with Crippen LogP contribution >= 0.6 is 23.2 Å². The fourth-order valence-corrected chi connectivity index (χ4v) is 4.07. The number of rotatable bonds is 4. The van der Waals surface area contributed by atoms with Gasteiger partial charge in [0.2, 0.25) is 0 Å². The molecular formula is C18H25Cl2N3O3. The molecule has 144 valence electrons. The topological polar surface area (TPSA) is 72.9 Å². The number of amides is 2. The van der Waals surface area contributed by atoms with E-state index in [1.165, 1.54) is 4.90 Å². The summed E-state index contributed by atoms with van der Waals surface area (Å²) in [4.78, 5) is 28.1. The predicted octanol–water partition coefficient (Wildman–Crippen LogP) is 3.49. The van der Waals surface area contributed by atoms with Gasteiger partial charge < -0.3 is 20.2 Å². The van der Waals surface area contributed by atoms with Gasteiger partial charge in [-0.25, -0.2) is 4.79 Å². The molecule has 1 saturated heterocycles. The second-order valence-electron chi connectivity index (χ2n) is 7.19. The number of nitrogens with one attached hydrogen (secondary N) is 1. The summed E-state index contributed by atoms with van der Waals surface area (Å²) >= 11 is 12.3. The molecule has 2 N–H and O–H groups in total. The van der Waals surface area contributed by atoms with E-state index in [4.69, 9.17) is 23.2 Å². The van der Waals surface area contributed by atoms with Gasteiger partial charge in [-0.1, -0.05) is 35.3 Å². The van der Waals surface area contributed by atoms with Gasteiger partial charge in [0.25, 0.3) is 0 Å². The van der Waals surface area contributed by atoms with Gasteiger partial charge in [-0.15, -0.1) is 0 Å². The minimum absolute atomic E-state index is 0.337. The molecule has 0 spiro atoms. The molecule has 2 rings (SSSR count). The number of carboxylic acid groups (broad SMARTS) is 1. The monoisotopic (exact) mass is 401 g/mol. The third kappa shape index (κ3) is 4.08. The third-order valence-electron chi connectivity index (χ3n) is 5.18. The first-order chi connectivity index (χ1) is 12.1. The Hall–Kier alpha value is -1.50. The number of nitrogens with zero attached hydrogens (tertiary/aromatic N) is 2. The van der Waals surface area contributed by atoms with Gasteiger partial charge in [-0.3, -0.25) is 4.79 Å². The van der Waals surface area contributed by atoms with E-state index in [9.17, 15) is 14.7 Å². The summed E-state index contributed by atoms with van der Waals surface area (Å²) < 4.78 is 0. The molecule has 1 aliphatic heterocycles. The Labute approximate surface area is 164 Å². The summed E-state index contributed by atoms with van der Waals surface area (Å²) in [7, 11) is 3.53. The van der Waals surface area contributed by atoms with E-state index < -0.39 is 17.4 Å². The zero-order valence-corrected chi connectivity index (χ0v) is 16.9. The van der Waals surface area contributed by atoms with Gasteiger partial charge in [0.1, 0.15) is 0 Å². The van der Waals surface area contributed by atoms with Crippen molar-refractivity contribution >= 4 is 35.2 Å². The van der Waals surface area contributed by atoms with Gasteiger partial charge in [0.15, 0.2) is 0 Å². The van der Waals surface area contributed by atoms with Crippen LogP contribution in [-0.2, 0) is 4.79 Å². The average Bonchev–Trinajstić information content (AvgIpc) is 2.56. The zero-order chi connectivity index (χ0) is 19.6. The first-order valence-corrected chi connectivity index (χ1v) is 9.22. The minimum Gasteiger partial charge on any atom is -0.481 e. The minimum atomic E-state index is -1.03. The van der Waals surface area contributed by atoms with Gasteiger partial charge in [0.05, 0.1) is 27.5 Å². The van der Waals surface area contributed by atoms with Crippen molar-refractivity contribution in [2.75, 3.05) is 27.2 Å². The first-order valence-electron chi connectivity index (χ1n) is 8.47. The fourth-order valence-electron chi connectivity index (χ4n) is 3.60. The largest absolute Gasteiger partial charge is 0.481 e. The molecule has 1 fully saturated rings. The zero-order valence-electron chi connectivity index (χ0n) is 15.4. The van der Waals surface area contributed by atoms with E-state index in [0.29, 0.717) is 28.6 Å². The van der Waals surface area contributed by atoms with Crippen molar-refractivity contribution in [3.63, 3.8) is 0 Å². The first kappa shape index (κ1) is 20.8. The number of piperidine rings is 1. The van der Waals surface area contributed by atoms with Gasteiger partial charge >= 0.3 is 12.0 Å². The Morgan fingerprint density at radius 1 is 1.42 bits per heavy atom. The third-order valence-corrected chi connectivity index (χ3v) is 6.02. The van der Waals surface area contributed by atoms with Crippen molar-refractivity contribution in [3.8, 4) is 0 Å². The number of hydrogen-bond acceptors (Lipinski definition) is 3. The second kappa shape index (κ2) is 8.03. The predicted molar refractivity (Wildman–Crippen MR) is 103 cm³/mol. The number of benzene rings is 1. The summed E-state index contributed by atoms with van der Waals surface area (Å²) in [6, 6.07) is 4.15. The molecule has 1 aromatic rings. The van der Waals surface area contributed by atoms with Crippen LogP contribution < -0.4 is 5.32 Å². The lowest BCUT2D eigenvalue weighted by Crippen LogP contribution is -2.61. The Morgan fingerprint density at radius 2 is 2.08 bits per heavy atom. The maximum Gasteiger partial charge on any atom is 0.317 e. The summed E-state index contributed by atoms with van der Waals surface area (Å²) in [5.41, 5.74) is -0.318. The molecule has 26 heavy (non-hydrogen) atoms. The van der Waals surface area contributed by atoms with Crippen LogP contribution in [0.1, 0.15) is 31.9 Å². The lowest BCUT2D eigenvalue weighted by Gasteiger charge is -2.46. The molecule has 3 atom stereocenters. The molecule has 8 heteroatoms. The number of hydrogen-bond donors (Lipinski definition) is 2. The number of halogens is 2. The lowest BCUT2D eigenvalue weighted by atomic mass is 9.76. The number of carbonyl (C=O) groups excluding carboxylic acids is 1. The van der Waals surface area contributed by atoms with Crippen LogP contribution in [-0.4, -0.2) is 60.1 Å². The van der Waals surface area contributed by atoms with Crippen LogP contribution in [0.25, 0.3) is 0 Å². The highest BCUT2D eigenvalue weighted by atomic mass is 35.5. The molecule has 6 nitrogen and oxygen atoms in total. The van der Waals surface area contributed by atoms with E-state index in [1.54, 1.807) is 32.2 Å². The number of likely N-dealkylation sites (tertiary alicyclic amines) is 1. The Kier molecular flexibility index (Phi) is 6.42. The van der Waals surface area contributed by atoms with Crippen LogP contribution in [0.3, 0.4) is 0 Å². The molecular weight excluding hydrogens is 377 g/mol. The van der Waals surface area contributed by atoms with E-state index in [0.717, 1.165) is 6.54 Å². The van der Waals surface area contributed by atoms with Crippen molar-refractivity contribution in [1.82, 2.24) is 15.1 Å². The number of aliphatic carboxylic acids is 1. The Morgan fingerprint density at radius 3 is 2.69 bits per heavy atom. The number of carbonyl (C=O) groups is 2. The van der Waals surface area contributed by atoms with E-state index in [1.807, 2.05) is 18.9 Å². The van der Waals surface area contributed by atoms with Crippen molar-refractivity contribution in [1.29, 1.82) is 0 Å². The van der Waals surface area contributed by atoms with Crippen LogP contribution in [0, 0.1) is 5.41 Å². The average molecular weight is 402 g/mol. The van der Waals surface area contributed by atoms with Gasteiger partial charge in [0, 0.05) is 13.6 Å². The standard InChI is InChI=1S/C18H25Cl2N3O3/c1-11(12-6-5-7-13(19)15(12)20)21-17(26)23(4)14-8-9-22(3)10-18(14,2)16(24)25/h5-7,11,14H,8-10H2,1-4H3,(H,21,26)(H,24,25). The summed E-state index contributed by atoms with van der Waals surface area (Å²) in [6.45, 7) is 4.63. The highest BCUT2D eigenvalue weighted by molar-refractivity contribution is 6.42. The second-order valence-corrected chi connectivity index (χ2v) is 7.98. The summed E-state index contributed by atoms with van der Waals surface area (Å²) in [6.07, 6.45) is 0.593. The normalized spacial score (nSPS) is 24.8. The highest BCUT2D eigenvalue weighted by Gasteiger charge is 2.48. The smallest absolute Gasteiger partial charge is 0.317 e. The van der Waals surface area contributed by atoms with Crippen molar-refractivity contribution in [2.24, 2.45) is 5.41 Å².